The second kappa shape index (κ2) is 5.67. The molecule has 0 radical (unpaired) electrons. The highest BCUT2D eigenvalue weighted by Crippen LogP contribution is 2.32. The van der Waals surface area contributed by atoms with Crippen molar-refractivity contribution in [2.75, 3.05) is 14.2 Å². The number of hydrogen-bond donors (Lipinski definition) is 1. The minimum Gasteiger partial charge on any atom is -0.497 e. The highest BCUT2D eigenvalue weighted by molar-refractivity contribution is 7.08. The summed E-state index contributed by atoms with van der Waals surface area (Å²) in [7, 11) is 3.07. The summed E-state index contributed by atoms with van der Waals surface area (Å²) in [5.74, 6) is -1.04. The fourth-order valence-corrected chi connectivity index (χ4v) is 2.95. The van der Waals surface area contributed by atoms with E-state index in [1.807, 2.05) is 17.7 Å². The Hall–Kier alpha value is -1.46. The number of hydrogen-bond acceptors (Lipinski definition) is 3. The molecule has 0 bridgehead atoms. The van der Waals surface area contributed by atoms with E-state index in [4.69, 9.17) is 4.74 Å². The molecule has 0 aliphatic heterocycles. The first-order valence-electron chi connectivity index (χ1n) is 5.81. The molecule has 2 nitrogen and oxygen atoms in total. The van der Waals surface area contributed by atoms with Gasteiger partial charge in [0, 0.05) is 17.7 Å². The van der Waals surface area contributed by atoms with Crippen LogP contribution in [0.5, 0.6) is 5.75 Å². The van der Waals surface area contributed by atoms with Gasteiger partial charge in [-0.05, 0) is 35.9 Å². The van der Waals surface area contributed by atoms with Crippen LogP contribution in [-0.4, -0.2) is 14.2 Å². The lowest BCUT2D eigenvalue weighted by Crippen LogP contribution is -2.20. The molecule has 1 heterocycles. The molecule has 0 aliphatic carbocycles. The van der Waals surface area contributed by atoms with Crippen molar-refractivity contribution in [1.29, 1.82) is 0 Å². The molecule has 0 spiro atoms. The molecule has 0 amide bonds. The number of aryl methyl sites for hydroxylation is 1. The molecule has 5 heteroatoms. The molecule has 19 heavy (non-hydrogen) atoms. The third-order valence-electron chi connectivity index (χ3n) is 3.07. The van der Waals surface area contributed by atoms with Gasteiger partial charge in [0.05, 0.1) is 13.2 Å². The van der Waals surface area contributed by atoms with Crippen molar-refractivity contribution in [3.05, 3.63) is 51.2 Å². The molecule has 1 atom stereocenters. The summed E-state index contributed by atoms with van der Waals surface area (Å²) in [5.41, 5.74) is 1.92. The van der Waals surface area contributed by atoms with E-state index in [1.54, 1.807) is 7.05 Å². The van der Waals surface area contributed by atoms with Gasteiger partial charge in [-0.1, -0.05) is 0 Å². The molecule has 102 valence electrons. The van der Waals surface area contributed by atoms with E-state index in [-0.39, 0.29) is 11.3 Å². The lowest BCUT2D eigenvalue weighted by atomic mass is 9.97. The van der Waals surface area contributed by atoms with E-state index in [9.17, 15) is 8.78 Å². The van der Waals surface area contributed by atoms with Crippen molar-refractivity contribution in [2.45, 2.75) is 13.0 Å². The minimum absolute atomic E-state index is 0.0183. The Morgan fingerprint density at radius 3 is 2.26 bits per heavy atom. The zero-order chi connectivity index (χ0) is 14.0. The predicted molar refractivity (Wildman–Crippen MR) is 72.9 cm³/mol. The molecular formula is C14H15F2NOS. The Morgan fingerprint density at radius 2 is 1.84 bits per heavy atom. The van der Waals surface area contributed by atoms with Gasteiger partial charge in [0.1, 0.15) is 17.4 Å². The second-order valence-electron chi connectivity index (χ2n) is 4.24. The second-order valence-corrected chi connectivity index (χ2v) is 4.98. The average molecular weight is 283 g/mol. The van der Waals surface area contributed by atoms with Gasteiger partial charge < -0.3 is 10.1 Å². The highest BCUT2D eigenvalue weighted by Gasteiger charge is 2.23. The first kappa shape index (κ1) is 14.0. The molecule has 1 unspecified atom stereocenters. The summed E-state index contributed by atoms with van der Waals surface area (Å²) < 4.78 is 33.1. The van der Waals surface area contributed by atoms with Crippen molar-refractivity contribution in [1.82, 2.24) is 5.32 Å². The summed E-state index contributed by atoms with van der Waals surface area (Å²) in [6.45, 7) is 1.93. The van der Waals surface area contributed by atoms with Gasteiger partial charge >= 0.3 is 0 Å². The van der Waals surface area contributed by atoms with Gasteiger partial charge in [0.25, 0.3) is 0 Å². The van der Waals surface area contributed by atoms with E-state index in [0.717, 1.165) is 11.1 Å². The molecule has 2 aromatic rings. The molecule has 1 aromatic carbocycles. The Kier molecular flexibility index (Phi) is 4.17. The molecule has 0 fully saturated rings. The van der Waals surface area contributed by atoms with Crippen LogP contribution in [0.15, 0.2) is 22.9 Å². The summed E-state index contributed by atoms with van der Waals surface area (Å²) in [5, 5.41) is 6.83. The van der Waals surface area contributed by atoms with Gasteiger partial charge in [-0.25, -0.2) is 8.78 Å². The van der Waals surface area contributed by atoms with E-state index in [2.05, 4.69) is 5.32 Å². The topological polar surface area (TPSA) is 21.3 Å². The van der Waals surface area contributed by atoms with Crippen molar-refractivity contribution < 1.29 is 13.5 Å². The number of thiophene rings is 1. The SMILES string of the molecule is CNC(c1cscc1C)c1c(F)cc(OC)cc1F. The van der Waals surface area contributed by atoms with Crippen LogP contribution in [0.1, 0.15) is 22.7 Å². The summed E-state index contributed by atoms with van der Waals surface area (Å²) in [6, 6.07) is 1.90. The van der Waals surface area contributed by atoms with Crippen LogP contribution in [0.3, 0.4) is 0 Å². The lowest BCUT2D eigenvalue weighted by molar-refractivity contribution is 0.403. The van der Waals surface area contributed by atoms with Crippen LogP contribution in [-0.2, 0) is 0 Å². The Morgan fingerprint density at radius 1 is 1.21 bits per heavy atom. The Balaban J connectivity index is 2.53. The maximum absolute atomic E-state index is 14.1. The van der Waals surface area contributed by atoms with Crippen molar-refractivity contribution in [2.24, 2.45) is 0 Å². The molecule has 2 rings (SSSR count). The Labute approximate surface area is 115 Å². The minimum atomic E-state index is -0.609. The average Bonchev–Trinajstić information content (AvgIpc) is 2.79. The summed E-state index contributed by atoms with van der Waals surface area (Å²) in [6.07, 6.45) is 0. The van der Waals surface area contributed by atoms with Crippen molar-refractivity contribution in [3.63, 3.8) is 0 Å². The molecule has 1 aromatic heterocycles. The third-order valence-corrected chi connectivity index (χ3v) is 3.95. The van der Waals surface area contributed by atoms with Gasteiger partial charge in [0.2, 0.25) is 0 Å². The van der Waals surface area contributed by atoms with E-state index in [0.29, 0.717) is 0 Å². The smallest absolute Gasteiger partial charge is 0.134 e. The maximum atomic E-state index is 14.1. The number of nitrogens with one attached hydrogen (secondary N) is 1. The first-order chi connectivity index (χ1) is 9.08. The van der Waals surface area contributed by atoms with E-state index in [1.165, 1.54) is 30.6 Å². The standard InChI is InChI=1S/C14H15F2NOS/c1-8-6-19-7-10(8)14(17-2)13-11(15)4-9(18-3)5-12(13)16/h4-7,14,17H,1-3H3. The monoisotopic (exact) mass is 283 g/mol. The fourth-order valence-electron chi connectivity index (χ4n) is 2.08. The van der Waals surface area contributed by atoms with Crippen LogP contribution in [0, 0.1) is 18.6 Å². The quantitative estimate of drug-likeness (QED) is 0.924. The number of ether oxygens (including phenoxy) is 1. The van der Waals surface area contributed by atoms with Crippen LogP contribution in [0.2, 0.25) is 0 Å². The van der Waals surface area contributed by atoms with Crippen LogP contribution in [0.4, 0.5) is 8.78 Å². The fraction of sp³-hybridized carbons (Fsp3) is 0.286. The summed E-state index contributed by atoms with van der Waals surface area (Å²) >= 11 is 1.51. The zero-order valence-corrected chi connectivity index (χ0v) is 11.8. The lowest BCUT2D eigenvalue weighted by Gasteiger charge is -2.19. The van der Waals surface area contributed by atoms with Crippen LogP contribution < -0.4 is 10.1 Å². The third kappa shape index (κ3) is 2.62. The first-order valence-corrected chi connectivity index (χ1v) is 6.75. The number of halogens is 2. The Bertz CT molecular complexity index is 560. The highest BCUT2D eigenvalue weighted by atomic mass is 32.1. The molecule has 0 aliphatic rings. The maximum Gasteiger partial charge on any atom is 0.134 e. The molecule has 0 saturated carbocycles. The molecule has 0 saturated heterocycles. The van der Waals surface area contributed by atoms with Gasteiger partial charge in [-0.3, -0.25) is 0 Å². The normalized spacial score (nSPS) is 12.5. The predicted octanol–water partition coefficient (Wildman–Crippen LogP) is 3.65. The van der Waals surface area contributed by atoms with E-state index < -0.39 is 17.7 Å². The van der Waals surface area contributed by atoms with Crippen LogP contribution >= 0.6 is 11.3 Å². The molecular weight excluding hydrogens is 268 g/mol. The number of rotatable bonds is 4. The zero-order valence-electron chi connectivity index (χ0n) is 11.0. The van der Waals surface area contributed by atoms with E-state index >= 15 is 0 Å². The largest absolute Gasteiger partial charge is 0.497 e. The van der Waals surface area contributed by atoms with Crippen LogP contribution in [0.25, 0.3) is 0 Å². The molecule has 1 N–H and O–H groups in total. The summed E-state index contributed by atoms with van der Waals surface area (Å²) in [4.78, 5) is 0. The number of benzene rings is 1. The van der Waals surface area contributed by atoms with Gasteiger partial charge in [-0.15, -0.1) is 0 Å². The van der Waals surface area contributed by atoms with Crippen molar-refractivity contribution in [3.8, 4) is 5.75 Å². The van der Waals surface area contributed by atoms with Crippen molar-refractivity contribution >= 4 is 11.3 Å². The van der Waals surface area contributed by atoms with Gasteiger partial charge in [0.15, 0.2) is 0 Å². The van der Waals surface area contributed by atoms with Gasteiger partial charge in [-0.2, -0.15) is 11.3 Å². The number of methoxy groups -OCH3 is 1.